The maximum atomic E-state index is 13.1. The van der Waals surface area contributed by atoms with E-state index >= 15 is 0 Å². The Morgan fingerprint density at radius 3 is 2.45 bits per heavy atom. The average Bonchev–Trinajstić information content (AvgIpc) is 3.63. The topological polar surface area (TPSA) is 73.4 Å². The normalized spacial score (nSPS) is 19.7. The van der Waals surface area contributed by atoms with Gasteiger partial charge in [0.25, 0.3) is 5.91 Å². The smallest absolute Gasteiger partial charge is 0.255 e. The molecule has 1 aromatic heterocycles. The van der Waals surface area contributed by atoms with Gasteiger partial charge in [-0.25, -0.2) is 4.98 Å². The first-order valence-corrected chi connectivity index (χ1v) is 14.3. The van der Waals surface area contributed by atoms with Crippen LogP contribution in [0.3, 0.4) is 0 Å². The van der Waals surface area contributed by atoms with Gasteiger partial charge in [0.15, 0.2) is 5.82 Å². The lowest BCUT2D eigenvalue weighted by Crippen LogP contribution is -2.32. The molecule has 38 heavy (non-hydrogen) atoms. The summed E-state index contributed by atoms with van der Waals surface area (Å²) in [5.74, 6) is 0.962. The molecule has 3 aromatic rings. The molecule has 0 saturated carbocycles. The first kappa shape index (κ1) is 25.1. The van der Waals surface area contributed by atoms with E-state index < -0.39 is 0 Å². The Morgan fingerprint density at radius 2 is 1.63 bits per heavy atom. The lowest BCUT2D eigenvalue weighted by molar-refractivity contribution is 0.0794. The highest BCUT2D eigenvalue weighted by Crippen LogP contribution is 2.30. The van der Waals surface area contributed by atoms with Gasteiger partial charge in [0.1, 0.15) is 5.02 Å². The minimum atomic E-state index is 0.0334. The van der Waals surface area contributed by atoms with Crippen LogP contribution in [0.5, 0.6) is 0 Å². The van der Waals surface area contributed by atoms with Crippen LogP contribution < -0.4 is 10.6 Å². The van der Waals surface area contributed by atoms with Gasteiger partial charge in [-0.15, -0.1) is 0 Å². The summed E-state index contributed by atoms with van der Waals surface area (Å²) in [5, 5.41) is 7.05. The van der Waals surface area contributed by atoms with Gasteiger partial charge in [-0.05, 0) is 99.8 Å². The van der Waals surface area contributed by atoms with E-state index in [9.17, 15) is 4.79 Å². The van der Waals surface area contributed by atoms with E-state index in [-0.39, 0.29) is 5.91 Å². The van der Waals surface area contributed by atoms with Gasteiger partial charge in [-0.1, -0.05) is 29.8 Å². The summed E-state index contributed by atoms with van der Waals surface area (Å²) in [5.41, 5.74) is 5.15. The van der Waals surface area contributed by atoms with Crippen molar-refractivity contribution in [3.8, 4) is 0 Å². The number of hydrogen-bond acceptors (Lipinski definition) is 6. The summed E-state index contributed by atoms with van der Waals surface area (Å²) in [6.45, 7) is 4.12. The van der Waals surface area contributed by atoms with Crippen LogP contribution >= 0.6 is 11.6 Å². The van der Waals surface area contributed by atoms with E-state index in [0.29, 0.717) is 34.1 Å². The van der Waals surface area contributed by atoms with Gasteiger partial charge in [-0.2, -0.15) is 4.98 Å². The molecule has 2 aromatic carbocycles. The molecular formula is C30H35ClN6O. The van der Waals surface area contributed by atoms with Crippen LogP contribution in [-0.2, 0) is 12.8 Å². The molecule has 2 N–H and O–H groups in total. The van der Waals surface area contributed by atoms with Crippen LogP contribution in [0.4, 0.5) is 23.1 Å². The maximum Gasteiger partial charge on any atom is 0.255 e. The lowest BCUT2D eigenvalue weighted by atomic mass is 10.0. The summed E-state index contributed by atoms with van der Waals surface area (Å²) in [4.78, 5) is 26.8. The Bertz CT molecular complexity index is 1300. The number of carbonyl (C=O) groups excluding carboxylic acids is 1. The van der Waals surface area contributed by atoms with Crippen molar-refractivity contribution in [2.24, 2.45) is 0 Å². The Labute approximate surface area is 229 Å². The summed E-state index contributed by atoms with van der Waals surface area (Å²) < 4.78 is 0. The van der Waals surface area contributed by atoms with E-state index in [2.05, 4.69) is 43.7 Å². The number of likely N-dealkylation sites (tertiary alicyclic amines) is 2. The average molecular weight is 531 g/mol. The standard InChI is InChI=1S/C30H35ClN6O/c31-26-20-32-30(35-28(26)34-27-8-2-1-7-25(27)29(38)37-17-5-6-18-37)33-23-12-9-21-10-13-24(14-11-22(21)19-23)36-15-3-4-16-36/h1-2,7-9,12,19-20,24H,3-6,10-11,13-18H2,(H2,32,33,34,35). The van der Waals surface area contributed by atoms with E-state index in [1.54, 1.807) is 6.20 Å². The van der Waals surface area contributed by atoms with Gasteiger partial charge in [-0.3, -0.25) is 4.79 Å². The van der Waals surface area contributed by atoms with Crippen molar-refractivity contribution in [3.05, 3.63) is 70.4 Å². The number of fused-ring (bicyclic) bond motifs is 1. The van der Waals surface area contributed by atoms with Crippen LogP contribution in [0, 0.1) is 0 Å². The van der Waals surface area contributed by atoms with Gasteiger partial charge in [0.2, 0.25) is 5.95 Å². The van der Waals surface area contributed by atoms with Crippen LogP contribution in [0.15, 0.2) is 48.7 Å². The van der Waals surface area contributed by atoms with Gasteiger partial charge in [0.05, 0.1) is 17.4 Å². The Kier molecular flexibility index (Phi) is 7.47. The molecule has 8 heteroatoms. The van der Waals surface area contributed by atoms with Crippen LogP contribution in [0.25, 0.3) is 0 Å². The number of anilines is 4. The number of benzene rings is 2. The van der Waals surface area contributed by atoms with Crippen LogP contribution in [-0.4, -0.2) is 57.9 Å². The molecule has 2 fully saturated rings. The Morgan fingerprint density at radius 1 is 0.895 bits per heavy atom. The molecule has 3 aliphatic rings. The first-order chi connectivity index (χ1) is 18.6. The molecule has 1 atom stereocenters. The zero-order chi connectivity index (χ0) is 25.9. The number of nitrogens with zero attached hydrogens (tertiary/aromatic N) is 4. The van der Waals surface area contributed by atoms with Gasteiger partial charge < -0.3 is 20.4 Å². The second-order valence-corrected chi connectivity index (χ2v) is 11.0. The number of hydrogen-bond donors (Lipinski definition) is 2. The molecule has 1 unspecified atom stereocenters. The molecule has 0 radical (unpaired) electrons. The van der Waals surface area contributed by atoms with E-state index in [0.717, 1.165) is 44.5 Å². The van der Waals surface area contributed by atoms with Crippen molar-refractivity contribution in [2.75, 3.05) is 36.8 Å². The third-order valence-electron chi connectivity index (χ3n) is 8.16. The monoisotopic (exact) mass is 530 g/mol. The number of nitrogens with one attached hydrogen (secondary N) is 2. The minimum Gasteiger partial charge on any atom is -0.339 e. The highest BCUT2D eigenvalue weighted by Gasteiger charge is 2.25. The number of halogens is 1. The summed E-state index contributed by atoms with van der Waals surface area (Å²) in [7, 11) is 0. The number of aryl methyl sites for hydroxylation is 2. The number of para-hydroxylation sites is 1. The molecule has 2 aliphatic heterocycles. The number of amides is 1. The molecule has 0 spiro atoms. The Balaban J connectivity index is 1.17. The zero-order valence-electron chi connectivity index (χ0n) is 21.8. The van der Waals surface area contributed by atoms with Gasteiger partial charge >= 0.3 is 0 Å². The highest BCUT2D eigenvalue weighted by molar-refractivity contribution is 6.33. The fourth-order valence-electron chi connectivity index (χ4n) is 6.08. The van der Waals surface area contributed by atoms with Crippen molar-refractivity contribution >= 4 is 40.6 Å². The third kappa shape index (κ3) is 5.49. The Hall–Kier alpha value is -3.16. The first-order valence-electron chi connectivity index (χ1n) is 13.9. The van der Waals surface area contributed by atoms with Crippen molar-refractivity contribution in [1.82, 2.24) is 19.8 Å². The second-order valence-electron chi connectivity index (χ2n) is 10.6. The van der Waals surface area contributed by atoms with E-state index in [1.807, 2.05) is 29.2 Å². The molecule has 0 bridgehead atoms. The lowest BCUT2D eigenvalue weighted by Gasteiger charge is -2.25. The fraction of sp³-hybridized carbons (Fsp3) is 0.433. The summed E-state index contributed by atoms with van der Waals surface area (Å²) in [6, 6.07) is 14.8. The molecule has 1 amide bonds. The minimum absolute atomic E-state index is 0.0334. The molecular weight excluding hydrogens is 496 g/mol. The SMILES string of the molecule is O=C(c1ccccc1Nc1nc(Nc2ccc3c(c2)CCC(N2CCCC2)CC3)ncc1Cl)N1CCCC1. The zero-order valence-corrected chi connectivity index (χ0v) is 22.5. The molecule has 7 nitrogen and oxygen atoms in total. The van der Waals surface area contributed by atoms with E-state index in [1.165, 1.54) is 49.9 Å². The molecule has 198 valence electrons. The number of rotatable bonds is 6. The van der Waals surface area contributed by atoms with Crippen molar-refractivity contribution in [1.29, 1.82) is 0 Å². The van der Waals surface area contributed by atoms with Crippen LogP contribution in [0.2, 0.25) is 5.02 Å². The van der Waals surface area contributed by atoms with Crippen molar-refractivity contribution in [2.45, 2.75) is 57.4 Å². The molecule has 6 rings (SSSR count). The summed E-state index contributed by atoms with van der Waals surface area (Å²) >= 11 is 6.47. The maximum absolute atomic E-state index is 13.1. The predicted octanol–water partition coefficient (Wildman–Crippen LogP) is 6.20. The fourth-order valence-corrected chi connectivity index (χ4v) is 6.22. The highest BCUT2D eigenvalue weighted by atomic mass is 35.5. The van der Waals surface area contributed by atoms with E-state index in [4.69, 9.17) is 11.6 Å². The van der Waals surface area contributed by atoms with Gasteiger partial charge in [0, 0.05) is 24.8 Å². The third-order valence-corrected chi connectivity index (χ3v) is 8.44. The summed E-state index contributed by atoms with van der Waals surface area (Å²) in [6.07, 6.45) is 11.1. The largest absolute Gasteiger partial charge is 0.339 e. The molecule has 1 aliphatic carbocycles. The molecule has 3 heterocycles. The quantitative estimate of drug-likeness (QED) is 0.370. The number of aromatic nitrogens is 2. The van der Waals surface area contributed by atoms with Crippen molar-refractivity contribution in [3.63, 3.8) is 0 Å². The van der Waals surface area contributed by atoms with Crippen LogP contribution in [0.1, 0.15) is 60.0 Å². The predicted molar refractivity (Wildman–Crippen MR) is 153 cm³/mol. The van der Waals surface area contributed by atoms with Crippen molar-refractivity contribution < 1.29 is 4.79 Å². The number of carbonyl (C=O) groups is 1. The molecule has 2 saturated heterocycles. The second kappa shape index (κ2) is 11.3.